The lowest BCUT2D eigenvalue weighted by Gasteiger charge is -2.32. The van der Waals surface area contributed by atoms with Crippen molar-refractivity contribution in [1.29, 1.82) is 0 Å². The minimum atomic E-state index is -6.02. The van der Waals surface area contributed by atoms with Gasteiger partial charge in [0.2, 0.25) is 0 Å². The number of alkyl halides is 5. The van der Waals surface area contributed by atoms with E-state index in [9.17, 15) is 33.0 Å². The zero-order valence-electron chi connectivity index (χ0n) is 22.1. The molecule has 40 heavy (non-hydrogen) atoms. The molecule has 4 N–H and O–H groups in total. The molecule has 12 heteroatoms. The van der Waals surface area contributed by atoms with Crippen LogP contribution in [-0.4, -0.2) is 38.1 Å². The first-order valence-corrected chi connectivity index (χ1v) is 12.8. The lowest BCUT2D eigenvalue weighted by atomic mass is 9.77. The largest absolute Gasteiger partial charge is 0.507 e. The maximum atomic E-state index is 15.1. The second-order valence-corrected chi connectivity index (χ2v) is 10.4. The predicted molar refractivity (Wildman–Crippen MR) is 138 cm³/mol. The van der Waals surface area contributed by atoms with E-state index in [1.165, 1.54) is 19.1 Å². The molecule has 0 radical (unpaired) electrons. The number of aromatic amines is 1. The van der Waals surface area contributed by atoms with Gasteiger partial charge in [0.05, 0.1) is 17.3 Å². The summed E-state index contributed by atoms with van der Waals surface area (Å²) >= 11 is 0. The fourth-order valence-electron chi connectivity index (χ4n) is 5.27. The van der Waals surface area contributed by atoms with Gasteiger partial charge in [-0.2, -0.15) is 22.0 Å². The van der Waals surface area contributed by atoms with Crippen molar-refractivity contribution in [1.82, 2.24) is 9.78 Å². The molecule has 2 aromatic carbocycles. The Kier molecular flexibility index (Phi) is 7.75. The molecule has 1 aliphatic rings. The zero-order valence-corrected chi connectivity index (χ0v) is 22.1. The van der Waals surface area contributed by atoms with E-state index in [0.29, 0.717) is 24.9 Å². The number of hydrogen-bond acceptors (Lipinski definition) is 4. The number of carboxylic acids is 1. The molecule has 0 spiro atoms. The van der Waals surface area contributed by atoms with Gasteiger partial charge < -0.3 is 15.5 Å². The van der Waals surface area contributed by atoms with Gasteiger partial charge in [0.25, 0.3) is 5.56 Å². The summed E-state index contributed by atoms with van der Waals surface area (Å²) in [6.07, 6.45) is -4.58. The molecule has 216 valence electrons. The maximum absolute atomic E-state index is 15.1. The Balaban J connectivity index is 1.80. The van der Waals surface area contributed by atoms with E-state index in [2.05, 4.69) is 10.4 Å². The number of aromatic nitrogens is 2. The number of halogens is 5. The highest BCUT2D eigenvalue weighted by atomic mass is 19.4. The Morgan fingerprint density at radius 3 is 2.40 bits per heavy atom. The number of benzene rings is 2. The predicted octanol–water partition coefficient (Wildman–Crippen LogP) is 6.51. The van der Waals surface area contributed by atoms with Gasteiger partial charge in [-0.05, 0) is 74.8 Å². The molecule has 1 aliphatic carbocycles. The SMILES string of the molecule is Cc1ccc(-n2[nH]c(C)c(NC(c3cccc(C4CCCC(C(=O)O)C4)c3O)C(F)(F)C(F)(F)F)c2=O)cc1C. The molecule has 1 aromatic heterocycles. The molecule has 1 heterocycles. The summed E-state index contributed by atoms with van der Waals surface area (Å²) in [6.45, 7) is 5.02. The number of carbonyl (C=O) groups is 1. The summed E-state index contributed by atoms with van der Waals surface area (Å²) in [7, 11) is 0. The molecule has 0 aliphatic heterocycles. The fraction of sp³-hybridized carbons (Fsp3) is 0.429. The first-order chi connectivity index (χ1) is 18.6. The molecule has 3 unspecified atom stereocenters. The van der Waals surface area contributed by atoms with Crippen LogP contribution in [0.3, 0.4) is 0 Å². The molecule has 1 fully saturated rings. The molecular formula is C28H30F5N3O4. The highest BCUT2D eigenvalue weighted by molar-refractivity contribution is 5.70. The Morgan fingerprint density at radius 2 is 1.77 bits per heavy atom. The lowest BCUT2D eigenvalue weighted by Crippen LogP contribution is -2.45. The number of aliphatic carboxylic acids is 1. The number of phenols is 1. The van der Waals surface area contributed by atoms with Crippen LogP contribution in [0.15, 0.2) is 41.2 Å². The van der Waals surface area contributed by atoms with Crippen LogP contribution in [0.1, 0.15) is 65.6 Å². The van der Waals surface area contributed by atoms with Crippen LogP contribution in [0.4, 0.5) is 27.6 Å². The number of aromatic hydroxyl groups is 1. The smallest absolute Gasteiger partial charge is 0.455 e. The van der Waals surface area contributed by atoms with Gasteiger partial charge >= 0.3 is 18.1 Å². The molecule has 4 rings (SSSR count). The maximum Gasteiger partial charge on any atom is 0.455 e. The third-order valence-electron chi connectivity index (χ3n) is 7.72. The summed E-state index contributed by atoms with van der Waals surface area (Å²) in [6, 6.07) is 5.74. The van der Waals surface area contributed by atoms with Crippen LogP contribution < -0.4 is 10.9 Å². The van der Waals surface area contributed by atoms with Crippen molar-refractivity contribution >= 4 is 11.7 Å². The summed E-state index contributed by atoms with van der Waals surface area (Å²) in [5.41, 5.74) is 0.0866. The van der Waals surface area contributed by atoms with Crippen molar-refractivity contribution in [3.05, 3.63) is 74.7 Å². The second kappa shape index (κ2) is 10.6. The van der Waals surface area contributed by atoms with Gasteiger partial charge in [0.15, 0.2) is 0 Å². The van der Waals surface area contributed by atoms with Crippen molar-refractivity contribution in [2.45, 2.75) is 70.5 Å². The first-order valence-electron chi connectivity index (χ1n) is 12.8. The van der Waals surface area contributed by atoms with Crippen molar-refractivity contribution in [3.8, 4) is 11.4 Å². The number of hydrogen-bond donors (Lipinski definition) is 4. The standard InChI is InChI=1S/C28H30F5N3O4/c1-14-10-11-19(12-15(14)2)36-25(38)22(16(3)35-36)34-24(27(29,30)28(31,32)33)21-9-5-8-20(23(21)37)17-6-4-7-18(13-17)26(39)40/h5,8-12,17-18,24,34-35,37H,4,6-7,13H2,1-3H3,(H,39,40). The summed E-state index contributed by atoms with van der Waals surface area (Å²) in [5, 5.41) is 25.3. The van der Waals surface area contributed by atoms with E-state index in [-0.39, 0.29) is 17.7 Å². The number of H-pyrrole nitrogens is 1. The first kappa shape index (κ1) is 29.2. The van der Waals surface area contributed by atoms with Gasteiger partial charge in [0.1, 0.15) is 17.5 Å². The third-order valence-corrected chi connectivity index (χ3v) is 7.72. The minimum absolute atomic E-state index is 0.0124. The zero-order chi connectivity index (χ0) is 29.6. The number of rotatable bonds is 7. The number of para-hydroxylation sites is 1. The van der Waals surface area contributed by atoms with Crippen LogP contribution in [0.2, 0.25) is 0 Å². The third kappa shape index (κ3) is 5.31. The van der Waals surface area contributed by atoms with Crippen LogP contribution >= 0.6 is 0 Å². The van der Waals surface area contributed by atoms with Crippen LogP contribution in [0, 0.1) is 26.7 Å². The van der Waals surface area contributed by atoms with Crippen molar-refractivity contribution in [3.63, 3.8) is 0 Å². The van der Waals surface area contributed by atoms with Gasteiger partial charge in [-0.1, -0.05) is 30.7 Å². The van der Waals surface area contributed by atoms with E-state index >= 15 is 8.78 Å². The highest BCUT2D eigenvalue weighted by Gasteiger charge is 2.63. The van der Waals surface area contributed by atoms with Gasteiger partial charge in [0, 0.05) is 5.56 Å². The quantitative estimate of drug-likeness (QED) is 0.244. The average molecular weight is 568 g/mol. The molecule has 3 atom stereocenters. The van der Waals surface area contributed by atoms with E-state index in [0.717, 1.165) is 21.9 Å². The Bertz CT molecular complexity index is 1480. The van der Waals surface area contributed by atoms with Crippen molar-refractivity contribution in [2.24, 2.45) is 5.92 Å². The van der Waals surface area contributed by atoms with E-state index in [1.54, 1.807) is 25.1 Å². The number of phenolic OH excluding ortho intramolecular Hbond substituents is 1. The Hall–Kier alpha value is -3.83. The Morgan fingerprint density at radius 1 is 1.07 bits per heavy atom. The number of nitrogens with zero attached hydrogens (tertiary/aromatic N) is 1. The molecule has 0 saturated heterocycles. The number of nitrogens with one attached hydrogen (secondary N) is 2. The molecule has 0 bridgehead atoms. The summed E-state index contributed by atoms with van der Waals surface area (Å²) < 4.78 is 72.4. The molecule has 3 aromatic rings. The topological polar surface area (TPSA) is 107 Å². The number of anilines is 1. The highest BCUT2D eigenvalue weighted by Crippen LogP contribution is 2.50. The average Bonchev–Trinajstić information content (AvgIpc) is 3.16. The van der Waals surface area contributed by atoms with Crippen LogP contribution in [0.5, 0.6) is 5.75 Å². The number of aryl methyl sites for hydroxylation is 3. The lowest BCUT2D eigenvalue weighted by molar-refractivity contribution is -0.288. The van der Waals surface area contributed by atoms with Gasteiger partial charge in [-0.3, -0.25) is 14.7 Å². The molecular weight excluding hydrogens is 537 g/mol. The molecule has 7 nitrogen and oxygen atoms in total. The number of carboxylic acid groups (broad SMARTS) is 1. The summed E-state index contributed by atoms with van der Waals surface area (Å²) in [4.78, 5) is 24.8. The molecule has 1 saturated carbocycles. The van der Waals surface area contributed by atoms with Crippen molar-refractivity contribution < 1.29 is 37.0 Å². The van der Waals surface area contributed by atoms with Crippen LogP contribution in [-0.2, 0) is 4.79 Å². The monoisotopic (exact) mass is 567 g/mol. The fourth-order valence-corrected chi connectivity index (χ4v) is 5.27. The second-order valence-electron chi connectivity index (χ2n) is 10.4. The van der Waals surface area contributed by atoms with Crippen LogP contribution in [0.25, 0.3) is 5.69 Å². The van der Waals surface area contributed by atoms with Gasteiger partial charge in [-0.25, -0.2) is 4.68 Å². The van der Waals surface area contributed by atoms with Crippen molar-refractivity contribution in [2.75, 3.05) is 5.32 Å². The van der Waals surface area contributed by atoms with E-state index in [1.807, 2.05) is 6.92 Å². The minimum Gasteiger partial charge on any atom is -0.507 e. The van der Waals surface area contributed by atoms with E-state index in [4.69, 9.17) is 0 Å². The normalized spacial score (nSPS) is 18.9. The summed E-state index contributed by atoms with van der Waals surface area (Å²) in [5.74, 6) is -8.50. The van der Waals surface area contributed by atoms with E-state index < -0.39 is 58.5 Å². The molecule has 0 amide bonds. The Labute approximate surface area is 226 Å². The van der Waals surface area contributed by atoms with Gasteiger partial charge in [-0.15, -0.1) is 0 Å².